The van der Waals surface area contributed by atoms with Gasteiger partial charge in [-0.2, -0.15) is 0 Å². The van der Waals surface area contributed by atoms with Crippen molar-refractivity contribution >= 4 is 0 Å². The summed E-state index contributed by atoms with van der Waals surface area (Å²) in [6.45, 7) is 16.9. The summed E-state index contributed by atoms with van der Waals surface area (Å²) in [4.78, 5) is 2.30. The highest BCUT2D eigenvalue weighted by molar-refractivity contribution is 5.25. The van der Waals surface area contributed by atoms with Crippen LogP contribution >= 0.6 is 0 Å². The summed E-state index contributed by atoms with van der Waals surface area (Å²) in [7, 11) is 2.14. The van der Waals surface area contributed by atoms with Crippen LogP contribution in [0.4, 0.5) is 0 Å². The Labute approximate surface area is 131 Å². The van der Waals surface area contributed by atoms with Gasteiger partial charge in [0.15, 0.2) is 0 Å². The van der Waals surface area contributed by atoms with E-state index in [2.05, 4.69) is 75.8 Å². The fourth-order valence-electron chi connectivity index (χ4n) is 2.49. The summed E-state index contributed by atoms with van der Waals surface area (Å²) in [5.41, 5.74) is 3.99. The molecule has 0 heterocycles. The smallest absolute Gasteiger partial charge is 0.0234 e. The minimum absolute atomic E-state index is 0.561. The molecule has 0 fully saturated rings. The van der Waals surface area contributed by atoms with Crippen molar-refractivity contribution < 1.29 is 0 Å². The van der Waals surface area contributed by atoms with Crippen molar-refractivity contribution in [3.05, 3.63) is 47.5 Å². The number of nitrogens with zero attached hydrogens (tertiary/aromatic N) is 1. The molecule has 1 N–H and O–H groups in total. The van der Waals surface area contributed by atoms with Crippen molar-refractivity contribution in [2.24, 2.45) is 5.92 Å². The first-order chi connectivity index (χ1) is 9.88. The Morgan fingerprint density at radius 2 is 1.76 bits per heavy atom. The summed E-state index contributed by atoms with van der Waals surface area (Å²) in [6.07, 6.45) is 0. The minimum atomic E-state index is 0.561. The third-order valence-corrected chi connectivity index (χ3v) is 3.54. The maximum absolute atomic E-state index is 3.97. The Balaban J connectivity index is 2.47. The van der Waals surface area contributed by atoms with Gasteiger partial charge in [-0.15, -0.1) is 0 Å². The Morgan fingerprint density at radius 1 is 1.14 bits per heavy atom. The molecule has 0 amide bonds. The van der Waals surface area contributed by atoms with E-state index in [-0.39, 0.29) is 0 Å². The summed E-state index contributed by atoms with van der Waals surface area (Å²) in [5.74, 6) is 1.27. The van der Waals surface area contributed by atoms with E-state index in [0.29, 0.717) is 11.8 Å². The molecule has 2 heteroatoms. The molecule has 0 bridgehead atoms. The van der Waals surface area contributed by atoms with Crippen molar-refractivity contribution in [2.75, 3.05) is 26.7 Å². The lowest BCUT2D eigenvalue weighted by molar-refractivity contribution is 0.355. The van der Waals surface area contributed by atoms with Gasteiger partial charge < -0.3 is 5.32 Å². The second kappa shape index (κ2) is 9.01. The average Bonchev–Trinajstić information content (AvgIpc) is 2.37. The molecule has 0 aliphatic rings. The zero-order chi connectivity index (χ0) is 15.8. The summed E-state index contributed by atoms with van der Waals surface area (Å²) in [6, 6.07) is 9.05. The molecule has 118 valence electrons. The lowest BCUT2D eigenvalue weighted by Crippen LogP contribution is -2.24. The number of hydrogen-bond donors (Lipinski definition) is 1. The highest BCUT2D eigenvalue weighted by atomic mass is 15.1. The predicted octanol–water partition coefficient (Wildman–Crippen LogP) is 4.04. The van der Waals surface area contributed by atoms with Gasteiger partial charge in [0.05, 0.1) is 0 Å². The summed E-state index contributed by atoms with van der Waals surface area (Å²) < 4.78 is 0. The predicted molar refractivity (Wildman–Crippen MR) is 93.7 cm³/mol. The van der Waals surface area contributed by atoms with Gasteiger partial charge in [0.25, 0.3) is 0 Å². The number of nitrogens with one attached hydrogen (secondary N) is 1. The van der Waals surface area contributed by atoms with Gasteiger partial charge in [-0.3, -0.25) is 4.90 Å². The number of likely N-dealkylation sites (N-methyl/N-ethyl adjacent to an activating group) is 1. The van der Waals surface area contributed by atoms with Crippen LogP contribution in [-0.2, 0) is 6.54 Å². The molecular formula is C19H32N2. The zero-order valence-corrected chi connectivity index (χ0v) is 14.4. The van der Waals surface area contributed by atoms with Crippen LogP contribution in [0.2, 0.25) is 0 Å². The van der Waals surface area contributed by atoms with Crippen LogP contribution in [0.3, 0.4) is 0 Å². The fourth-order valence-corrected chi connectivity index (χ4v) is 2.49. The van der Waals surface area contributed by atoms with Crippen molar-refractivity contribution in [3.63, 3.8) is 0 Å². The van der Waals surface area contributed by atoms with Gasteiger partial charge in [0, 0.05) is 19.6 Å². The molecule has 0 aliphatic carbocycles. The minimum Gasteiger partial charge on any atom is -0.316 e. The van der Waals surface area contributed by atoms with Crippen molar-refractivity contribution in [1.29, 1.82) is 0 Å². The molecule has 1 rings (SSSR count). The van der Waals surface area contributed by atoms with Crippen molar-refractivity contribution in [2.45, 2.75) is 40.2 Å². The molecule has 0 aliphatic heterocycles. The van der Waals surface area contributed by atoms with Gasteiger partial charge >= 0.3 is 0 Å². The monoisotopic (exact) mass is 288 g/mol. The van der Waals surface area contributed by atoms with Crippen LogP contribution in [0.1, 0.15) is 44.7 Å². The molecule has 1 aromatic rings. The van der Waals surface area contributed by atoms with Crippen LogP contribution in [0.25, 0.3) is 0 Å². The quantitative estimate of drug-likeness (QED) is 0.690. The molecule has 0 radical (unpaired) electrons. The van der Waals surface area contributed by atoms with E-state index in [4.69, 9.17) is 0 Å². The van der Waals surface area contributed by atoms with Crippen LogP contribution in [-0.4, -0.2) is 31.6 Å². The largest absolute Gasteiger partial charge is 0.316 e. The second-order valence-electron chi connectivity index (χ2n) is 6.82. The van der Waals surface area contributed by atoms with E-state index in [0.717, 1.165) is 26.2 Å². The Kier molecular flexibility index (Phi) is 7.69. The first-order valence-corrected chi connectivity index (χ1v) is 8.01. The topological polar surface area (TPSA) is 15.3 Å². The Hall–Kier alpha value is -1.12. The Bertz CT molecular complexity index is 420. The van der Waals surface area contributed by atoms with Gasteiger partial charge in [0.2, 0.25) is 0 Å². The molecule has 0 aromatic heterocycles. The molecule has 0 saturated heterocycles. The molecule has 0 saturated carbocycles. The lowest BCUT2D eigenvalue weighted by Gasteiger charge is -2.18. The molecule has 21 heavy (non-hydrogen) atoms. The molecular weight excluding hydrogens is 256 g/mol. The fraction of sp³-hybridized carbons (Fsp3) is 0.579. The van der Waals surface area contributed by atoms with E-state index in [9.17, 15) is 0 Å². The summed E-state index contributed by atoms with van der Waals surface area (Å²) >= 11 is 0. The molecule has 1 unspecified atom stereocenters. The SMILES string of the molecule is C=C(C)CN(C)Cc1ccc(C(C)CNCC(C)C)cc1. The van der Waals surface area contributed by atoms with Crippen molar-refractivity contribution in [3.8, 4) is 0 Å². The maximum atomic E-state index is 3.97. The van der Waals surface area contributed by atoms with Gasteiger partial charge in [-0.05, 0) is 43.5 Å². The third-order valence-electron chi connectivity index (χ3n) is 3.54. The third kappa shape index (κ3) is 7.45. The van der Waals surface area contributed by atoms with Crippen LogP contribution in [0, 0.1) is 5.92 Å². The number of hydrogen-bond acceptors (Lipinski definition) is 2. The first kappa shape index (κ1) is 17.9. The van der Waals surface area contributed by atoms with E-state index in [1.165, 1.54) is 16.7 Å². The van der Waals surface area contributed by atoms with Crippen molar-refractivity contribution in [1.82, 2.24) is 10.2 Å². The molecule has 2 nitrogen and oxygen atoms in total. The van der Waals surface area contributed by atoms with E-state index < -0.39 is 0 Å². The van der Waals surface area contributed by atoms with Crippen LogP contribution < -0.4 is 5.32 Å². The zero-order valence-electron chi connectivity index (χ0n) is 14.4. The van der Waals surface area contributed by atoms with Crippen LogP contribution in [0.5, 0.6) is 0 Å². The van der Waals surface area contributed by atoms with Gasteiger partial charge in [0.1, 0.15) is 0 Å². The lowest BCUT2D eigenvalue weighted by atomic mass is 9.99. The highest BCUT2D eigenvalue weighted by Gasteiger charge is 2.06. The summed E-state index contributed by atoms with van der Waals surface area (Å²) in [5, 5.41) is 3.53. The first-order valence-electron chi connectivity index (χ1n) is 8.01. The average molecular weight is 288 g/mol. The number of benzene rings is 1. The van der Waals surface area contributed by atoms with E-state index in [1.54, 1.807) is 0 Å². The maximum Gasteiger partial charge on any atom is 0.0234 e. The Morgan fingerprint density at radius 3 is 2.29 bits per heavy atom. The molecule has 1 atom stereocenters. The second-order valence-corrected chi connectivity index (χ2v) is 6.82. The van der Waals surface area contributed by atoms with Crippen LogP contribution in [0.15, 0.2) is 36.4 Å². The standard InChI is InChI=1S/C19H32N2/c1-15(2)11-20-12-17(5)19-9-7-18(8-10-19)14-21(6)13-16(3)4/h7-10,15,17,20H,3,11-14H2,1-2,4-6H3. The van der Waals surface area contributed by atoms with E-state index in [1.807, 2.05) is 0 Å². The molecule has 0 spiro atoms. The van der Waals surface area contributed by atoms with Gasteiger partial charge in [-0.1, -0.05) is 57.2 Å². The highest BCUT2D eigenvalue weighted by Crippen LogP contribution is 2.16. The molecule has 1 aromatic carbocycles. The normalized spacial score (nSPS) is 12.9. The van der Waals surface area contributed by atoms with Gasteiger partial charge in [-0.25, -0.2) is 0 Å². The van der Waals surface area contributed by atoms with E-state index >= 15 is 0 Å². The number of rotatable bonds is 9.